The number of nitrogens with one attached hydrogen (secondary N) is 1. The van der Waals surface area contributed by atoms with Gasteiger partial charge in [0.2, 0.25) is 0 Å². The maximum Gasteiger partial charge on any atom is 0.343 e. The summed E-state index contributed by atoms with van der Waals surface area (Å²) in [4.78, 5) is 12.4. The summed E-state index contributed by atoms with van der Waals surface area (Å²) in [5, 5.41) is 3.00. The summed E-state index contributed by atoms with van der Waals surface area (Å²) in [5.41, 5.74) is 2.68. The first-order valence-corrected chi connectivity index (χ1v) is 9.97. The second-order valence-corrected chi connectivity index (χ2v) is 7.89. The number of rotatable bonds is 3. The normalized spacial score (nSPS) is 14.1. The predicted octanol–water partition coefficient (Wildman–Crippen LogP) is 3.78. The Bertz CT molecular complexity index is 1180. The van der Waals surface area contributed by atoms with Gasteiger partial charge in [0.1, 0.15) is 10.6 Å². The molecule has 1 N–H and O–H groups in total. The van der Waals surface area contributed by atoms with E-state index in [4.69, 9.17) is 4.74 Å². The van der Waals surface area contributed by atoms with E-state index in [1.165, 1.54) is 6.07 Å². The van der Waals surface area contributed by atoms with Gasteiger partial charge in [-0.25, -0.2) is 4.79 Å². The van der Waals surface area contributed by atoms with Crippen LogP contribution in [0.15, 0.2) is 82.1 Å². The summed E-state index contributed by atoms with van der Waals surface area (Å²) in [6.07, 6.45) is 0. The zero-order chi connectivity index (χ0) is 19.7. The lowest BCUT2D eigenvalue weighted by Gasteiger charge is -2.08. The number of nitrogens with zero attached hydrogens (tertiary/aromatic N) is 1. The summed E-state index contributed by atoms with van der Waals surface area (Å²) in [6, 6.07) is 20.4. The maximum atomic E-state index is 12.2. The van der Waals surface area contributed by atoms with Gasteiger partial charge in [-0.2, -0.15) is 8.42 Å². The van der Waals surface area contributed by atoms with Crippen molar-refractivity contribution >= 4 is 27.5 Å². The van der Waals surface area contributed by atoms with Crippen LogP contribution in [0.5, 0.6) is 5.75 Å². The molecule has 0 aromatic heterocycles. The van der Waals surface area contributed by atoms with Gasteiger partial charge in [-0.15, -0.1) is 4.40 Å². The highest BCUT2D eigenvalue weighted by atomic mass is 32.2. The van der Waals surface area contributed by atoms with Crippen molar-refractivity contribution in [2.24, 2.45) is 4.40 Å². The minimum Gasteiger partial charge on any atom is -0.423 e. The molecule has 0 bridgehead atoms. The van der Waals surface area contributed by atoms with E-state index in [0.717, 1.165) is 5.56 Å². The molecule has 3 aromatic carbocycles. The largest absolute Gasteiger partial charge is 0.423 e. The second kappa shape index (κ2) is 6.94. The SMILES string of the molecule is Cc1ccc(C(=O)Oc2ccc(NC3=NS(=O)(=O)c4ccccc43)cc2)cc1. The molecule has 0 atom stereocenters. The number of ether oxygens (including phenoxy) is 1. The van der Waals surface area contributed by atoms with Crippen LogP contribution in [0.1, 0.15) is 21.5 Å². The van der Waals surface area contributed by atoms with Crippen LogP contribution in [0.3, 0.4) is 0 Å². The second-order valence-electron chi connectivity index (χ2n) is 6.32. The molecular weight excluding hydrogens is 376 g/mol. The summed E-state index contributed by atoms with van der Waals surface area (Å²) >= 11 is 0. The summed E-state index contributed by atoms with van der Waals surface area (Å²) in [5.74, 6) is 0.207. The molecule has 0 saturated carbocycles. The zero-order valence-corrected chi connectivity index (χ0v) is 15.7. The lowest BCUT2D eigenvalue weighted by atomic mass is 10.1. The van der Waals surface area contributed by atoms with E-state index >= 15 is 0 Å². The van der Waals surface area contributed by atoms with Gasteiger partial charge >= 0.3 is 5.97 Å². The highest BCUT2D eigenvalue weighted by Crippen LogP contribution is 2.27. The Kier molecular flexibility index (Phi) is 4.44. The minimum atomic E-state index is -3.68. The number of carbonyl (C=O) groups excluding carboxylic acids is 1. The molecular formula is C21H16N2O4S. The molecule has 28 heavy (non-hydrogen) atoms. The average Bonchev–Trinajstić information content (AvgIpc) is 2.94. The third-order valence-electron chi connectivity index (χ3n) is 4.25. The number of benzene rings is 3. The lowest BCUT2D eigenvalue weighted by molar-refractivity contribution is 0.0735. The number of aryl methyl sites for hydroxylation is 1. The number of hydrogen-bond acceptors (Lipinski definition) is 5. The van der Waals surface area contributed by atoms with Gasteiger partial charge in [0.25, 0.3) is 10.0 Å². The Balaban J connectivity index is 1.49. The maximum absolute atomic E-state index is 12.2. The summed E-state index contributed by atoms with van der Waals surface area (Å²) in [6.45, 7) is 1.94. The highest BCUT2D eigenvalue weighted by Gasteiger charge is 2.28. The van der Waals surface area contributed by atoms with E-state index in [2.05, 4.69) is 9.71 Å². The quantitative estimate of drug-likeness (QED) is 0.542. The van der Waals surface area contributed by atoms with Crippen LogP contribution < -0.4 is 10.1 Å². The van der Waals surface area contributed by atoms with Crippen molar-refractivity contribution in [3.05, 3.63) is 89.5 Å². The molecule has 1 heterocycles. The van der Waals surface area contributed by atoms with Gasteiger partial charge in [0.15, 0.2) is 5.84 Å². The van der Waals surface area contributed by atoms with Gasteiger partial charge in [-0.3, -0.25) is 0 Å². The average molecular weight is 392 g/mol. The standard InChI is InChI=1S/C21H16N2O4S/c1-14-6-8-15(9-7-14)21(24)27-17-12-10-16(11-13-17)22-20-18-4-2-3-5-19(18)28(25,26)23-20/h2-13H,1H3,(H,22,23). The zero-order valence-electron chi connectivity index (χ0n) is 14.9. The van der Waals surface area contributed by atoms with Gasteiger partial charge in [0, 0.05) is 11.3 Å². The molecule has 1 aliphatic rings. The van der Waals surface area contributed by atoms with Crippen LogP contribution in [0.2, 0.25) is 0 Å². The number of hydrogen-bond donors (Lipinski definition) is 1. The van der Waals surface area contributed by atoms with E-state index in [1.54, 1.807) is 54.6 Å². The minimum absolute atomic E-state index is 0.182. The predicted molar refractivity (Wildman–Crippen MR) is 106 cm³/mol. The number of fused-ring (bicyclic) bond motifs is 1. The fourth-order valence-corrected chi connectivity index (χ4v) is 3.97. The van der Waals surface area contributed by atoms with Gasteiger partial charge in [-0.1, -0.05) is 29.8 Å². The molecule has 0 spiro atoms. The molecule has 0 aliphatic carbocycles. The van der Waals surface area contributed by atoms with Crippen LogP contribution in [-0.2, 0) is 10.0 Å². The molecule has 3 aromatic rings. The summed E-state index contributed by atoms with van der Waals surface area (Å²) < 4.78 is 33.4. The molecule has 0 fully saturated rings. The number of anilines is 1. The van der Waals surface area contributed by atoms with Gasteiger partial charge in [0.05, 0.1) is 5.56 Å². The Morgan fingerprint density at radius 3 is 2.32 bits per heavy atom. The van der Waals surface area contributed by atoms with Crippen LogP contribution in [-0.4, -0.2) is 20.2 Å². The van der Waals surface area contributed by atoms with Crippen LogP contribution in [0.4, 0.5) is 5.69 Å². The van der Waals surface area contributed by atoms with Crippen molar-refractivity contribution < 1.29 is 17.9 Å². The van der Waals surface area contributed by atoms with Crippen LogP contribution in [0.25, 0.3) is 0 Å². The van der Waals surface area contributed by atoms with Crippen molar-refractivity contribution in [1.82, 2.24) is 0 Å². The molecule has 6 nitrogen and oxygen atoms in total. The van der Waals surface area contributed by atoms with Crippen molar-refractivity contribution in [3.8, 4) is 5.75 Å². The Morgan fingerprint density at radius 2 is 1.61 bits per heavy atom. The van der Waals surface area contributed by atoms with Gasteiger partial charge < -0.3 is 10.1 Å². The molecule has 140 valence electrons. The molecule has 0 unspecified atom stereocenters. The Labute approximate surface area is 162 Å². The van der Waals surface area contributed by atoms with E-state index < -0.39 is 16.0 Å². The molecule has 4 rings (SSSR count). The van der Waals surface area contributed by atoms with Crippen molar-refractivity contribution in [2.45, 2.75) is 11.8 Å². The number of sulfonamides is 1. The molecule has 0 amide bonds. The van der Waals surface area contributed by atoms with E-state index in [0.29, 0.717) is 22.6 Å². The van der Waals surface area contributed by atoms with Crippen LogP contribution in [0, 0.1) is 6.92 Å². The molecule has 1 aliphatic heterocycles. The van der Waals surface area contributed by atoms with Crippen molar-refractivity contribution in [1.29, 1.82) is 0 Å². The fourth-order valence-electron chi connectivity index (χ4n) is 2.79. The van der Waals surface area contributed by atoms with E-state index in [1.807, 2.05) is 19.1 Å². The number of esters is 1. The van der Waals surface area contributed by atoms with E-state index in [9.17, 15) is 13.2 Å². The Morgan fingerprint density at radius 1 is 0.929 bits per heavy atom. The van der Waals surface area contributed by atoms with Crippen molar-refractivity contribution in [2.75, 3.05) is 5.32 Å². The highest BCUT2D eigenvalue weighted by molar-refractivity contribution is 7.90. The third-order valence-corrected chi connectivity index (χ3v) is 5.58. The van der Waals surface area contributed by atoms with Gasteiger partial charge in [-0.05, 0) is 55.5 Å². The Hall–Kier alpha value is -3.45. The van der Waals surface area contributed by atoms with Crippen molar-refractivity contribution in [3.63, 3.8) is 0 Å². The summed E-state index contributed by atoms with van der Waals surface area (Å²) in [7, 11) is -3.68. The van der Waals surface area contributed by atoms with Crippen LogP contribution >= 0.6 is 0 Å². The first-order chi connectivity index (χ1) is 13.4. The van der Waals surface area contributed by atoms with E-state index in [-0.39, 0.29) is 10.7 Å². The lowest BCUT2D eigenvalue weighted by Crippen LogP contribution is -2.11. The fraction of sp³-hybridized carbons (Fsp3) is 0.0476. The molecule has 0 radical (unpaired) electrons. The number of carbonyl (C=O) groups is 1. The number of amidine groups is 1. The third kappa shape index (κ3) is 3.52. The molecule has 0 saturated heterocycles. The first-order valence-electron chi connectivity index (χ1n) is 8.53. The topological polar surface area (TPSA) is 84.8 Å². The molecule has 7 heteroatoms. The first kappa shape index (κ1) is 17.9. The monoisotopic (exact) mass is 392 g/mol. The smallest absolute Gasteiger partial charge is 0.343 e.